The van der Waals surface area contributed by atoms with Gasteiger partial charge in [0.05, 0.1) is 0 Å². The molecule has 0 spiro atoms. The number of carbonyl (C=O) groups excluding carboxylic acids is 2. The first kappa shape index (κ1) is 15.0. The SMILES string of the molecule is NC(=O)CCC(NC(=O)C1Cc2ccccc2C1)C(=O)O. The second-order valence-electron chi connectivity index (χ2n) is 5.28. The van der Waals surface area contributed by atoms with Gasteiger partial charge in [-0.2, -0.15) is 0 Å². The number of fused-ring (bicyclic) bond motifs is 1. The first-order valence-corrected chi connectivity index (χ1v) is 6.85. The summed E-state index contributed by atoms with van der Waals surface area (Å²) in [4.78, 5) is 34.0. The van der Waals surface area contributed by atoms with Gasteiger partial charge >= 0.3 is 5.97 Å². The maximum absolute atomic E-state index is 12.2. The predicted molar refractivity (Wildman–Crippen MR) is 75.3 cm³/mol. The summed E-state index contributed by atoms with van der Waals surface area (Å²) in [6.07, 6.45) is 1.17. The molecule has 2 rings (SSSR count). The van der Waals surface area contributed by atoms with Crippen LogP contribution in [0.25, 0.3) is 0 Å². The molecule has 1 atom stereocenters. The Hall–Kier alpha value is -2.37. The molecular formula is C15H18N2O4. The van der Waals surface area contributed by atoms with Crippen molar-refractivity contribution in [2.75, 3.05) is 0 Å². The molecule has 0 saturated heterocycles. The summed E-state index contributed by atoms with van der Waals surface area (Å²) in [6.45, 7) is 0. The number of aliphatic carboxylic acids is 1. The Kier molecular flexibility index (Phi) is 4.57. The van der Waals surface area contributed by atoms with E-state index in [-0.39, 0.29) is 24.7 Å². The predicted octanol–water partition coefficient (Wildman–Crippen LogP) is 0.236. The van der Waals surface area contributed by atoms with Crippen LogP contribution in [0.15, 0.2) is 24.3 Å². The summed E-state index contributed by atoms with van der Waals surface area (Å²) in [5.41, 5.74) is 7.26. The van der Waals surface area contributed by atoms with Crippen molar-refractivity contribution < 1.29 is 19.5 Å². The lowest BCUT2D eigenvalue weighted by Gasteiger charge is -2.16. The molecule has 1 aromatic carbocycles. The molecule has 6 heteroatoms. The number of hydrogen-bond acceptors (Lipinski definition) is 3. The Labute approximate surface area is 122 Å². The molecule has 0 aromatic heterocycles. The Bertz CT molecular complexity index is 546. The summed E-state index contributed by atoms with van der Waals surface area (Å²) < 4.78 is 0. The number of nitrogens with one attached hydrogen (secondary N) is 1. The molecular weight excluding hydrogens is 272 g/mol. The summed E-state index contributed by atoms with van der Waals surface area (Å²) in [5, 5.41) is 11.6. The minimum Gasteiger partial charge on any atom is -0.480 e. The van der Waals surface area contributed by atoms with Gasteiger partial charge in [0.25, 0.3) is 0 Å². The van der Waals surface area contributed by atoms with Crippen LogP contribution in [0.3, 0.4) is 0 Å². The molecule has 6 nitrogen and oxygen atoms in total. The van der Waals surface area contributed by atoms with Crippen molar-refractivity contribution in [1.29, 1.82) is 0 Å². The number of benzene rings is 1. The second kappa shape index (κ2) is 6.39. The number of primary amides is 1. The minimum atomic E-state index is -1.15. The average Bonchev–Trinajstić information content (AvgIpc) is 2.86. The van der Waals surface area contributed by atoms with E-state index >= 15 is 0 Å². The van der Waals surface area contributed by atoms with Gasteiger partial charge in [-0.25, -0.2) is 4.79 Å². The highest BCUT2D eigenvalue weighted by Gasteiger charge is 2.30. The van der Waals surface area contributed by atoms with E-state index in [0.717, 1.165) is 11.1 Å². The molecule has 0 heterocycles. The monoisotopic (exact) mass is 290 g/mol. The van der Waals surface area contributed by atoms with Crippen molar-refractivity contribution in [2.24, 2.45) is 11.7 Å². The highest BCUT2D eigenvalue weighted by Crippen LogP contribution is 2.26. The minimum absolute atomic E-state index is 0.01000. The van der Waals surface area contributed by atoms with E-state index in [1.807, 2.05) is 24.3 Å². The van der Waals surface area contributed by atoms with Crippen molar-refractivity contribution in [3.63, 3.8) is 0 Å². The topological polar surface area (TPSA) is 109 Å². The number of amides is 2. The molecule has 0 bridgehead atoms. The first-order valence-electron chi connectivity index (χ1n) is 6.85. The van der Waals surface area contributed by atoms with Crippen LogP contribution in [0.1, 0.15) is 24.0 Å². The average molecular weight is 290 g/mol. The fourth-order valence-corrected chi connectivity index (χ4v) is 2.58. The Morgan fingerprint density at radius 3 is 2.29 bits per heavy atom. The quantitative estimate of drug-likeness (QED) is 0.697. The molecule has 4 N–H and O–H groups in total. The molecule has 0 saturated carbocycles. The maximum Gasteiger partial charge on any atom is 0.326 e. The zero-order valence-electron chi connectivity index (χ0n) is 11.5. The fraction of sp³-hybridized carbons (Fsp3) is 0.400. The molecule has 1 unspecified atom stereocenters. The molecule has 1 aromatic rings. The largest absolute Gasteiger partial charge is 0.480 e. The number of carboxylic acid groups (broad SMARTS) is 1. The van der Waals surface area contributed by atoms with E-state index in [1.54, 1.807) is 0 Å². The first-order chi connectivity index (χ1) is 9.97. The maximum atomic E-state index is 12.2. The molecule has 112 valence electrons. The van der Waals surface area contributed by atoms with Gasteiger partial charge in [0.1, 0.15) is 6.04 Å². The summed E-state index contributed by atoms with van der Waals surface area (Å²) in [6, 6.07) is 6.72. The van der Waals surface area contributed by atoms with Crippen molar-refractivity contribution in [2.45, 2.75) is 31.7 Å². The standard InChI is InChI=1S/C15H18N2O4/c16-13(18)6-5-12(15(20)21)17-14(19)11-7-9-3-1-2-4-10(9)8-11/h1-4,11-12H,5-8H2,(H2,16,18)(H,17,19)(H,20,21). The normalized spacial score (nSPS) is 15.2. The summed E-state index contributed by atoms with van der Waals surface area (Å²) in [5.74, 6) is -2.27. The smallest absolute Gasteiger partial charge is 0.326 e. The van der Waals surface area contributed by atoms with Gasteiger partial charge < -0.3 is 16.2 Å². The van der Waals surface area contributed by atoms with E-state index in [0.29, 0.717) is 12.8 Å². The number of carboxylic acids is 1. The molecule has 1 aliphatic carbocycles. The molecule has 0 radical (unpaired) electrons. The van der Waals surface area contributed by atoms with Gasteiger partial charge in [0.15, 0.2) is 0 Å². The zero-order valence-corrected chi connectivity index (χ0v) is 11.5. The van der Waals surface area contributed by atoms with Gasteiger partial charge in [0.2, 0.25) is 11.8 Å². The van der Waals surface area contributed by atoms with Gasteiger partial charge in [-0.1, -0.05) is 24.3 Å². The van der Waals surface area contributed by atoms with Crippen molar-refractivity contribution >= 4 is 17.8 Å². The van der Waals surface area contributed by atoms with Gasteiger partial charge in [-0.3, -0.25) is 9.59 Å². The zero-order chi connectivity index (χ0) is 15.4. The number of rotatable bonds is 6. The van der Waals surface area contributed by atoms with Gasteiger partial charge in [-0.15, -0.1) is 0 Å². The van der Waals surface area contributed by atoms with Crippen LogP contribution in [-0.4, -0.2) is 28.9 Å². The van der Waals surface area contributed by atoms with Crippen LogP contribution < -0.4 is 11.1 Å². The molecule has 1 aliphatic rings. The second-order valence-corrected chi connectivity index (χ2v) is 5.28. The summed E-state index contributed by atoms with van der Waals surface area (Å²) >= 11 is 0. The lowest BCUT2D eigenvalue weighted by atomic mass is 10.0. The van der Waals surface area contributed by atoms with Crippen LogP contribution >= 0.6 is 0 Å². The molecule has 2 amide bonds. The lowest BCUT2D eigenvalue weighted by molar-refractivity contribution is -0.142. The van der Waals surface area contributed by atoms with E-state index in [2.05, 4.69) is 5.32 Å². The highest BCUT2D eigenvalue weighted by molar-refractivity contribution is 5.86. The van der Waals surface area contributed by atoms with Crippen LogP contribution in [0.2, 0.25) is 0 Å². The molecule has 0 aliphatic heterocycles. The van der Waals surface area contributed by atoms with Crippen molar-refractivity contribution in [3.8, 4) is 0 Å². The summed E-state index contributed by atoms with van der Waals surface area (Å²) in [7, 11) is 0. The van der Waals surface area contributed by atoms with Crippen molar-refractivity contribution in [1.82, 2.24) is 5.32 Å². The Morgan fingerprint density at radius 2 is 1.81 bits per heavy atom. The third-order valence-electron chi connectivity index (χ3n) is 3.72. The highest BCUT2D eigenvalue weighted by atomic mass is 16.4. The van der Waals surface area contributed by atoms with Crippen LogP contribution in [0.4, 0.5) is 0 Å². The number of hydrogen-bond donors (Lipinski definition) is 3. The van der Waals surface area contributed by atoms with E-state index in [9.17, 15) is 14.4 Å². The third-order valence-corrected chi connectivity index (χ3v) is 3.72. The lowest BCUT2D eigenvalue weighted by Crippen LogP contribution is -2.44. The van der Waals surface area contributed by atoms with E-state index < -0.39 is 17.9 Å². The fourth-order valence-electron chi connectivity index (χ4n) is 2.58. The molecule has 21 heavy (non-hydrogen) atoms. The third kappa shape index (κ3) is 3.81. The molecule has 0 fully saturated rings. The van der Waals surface area contributed by atoms with Crippen LogP contribution in [-0.2, 0) is 27.2 Å². The Balaban J connectivity index is 1.94. The Morgan fingerprint density at radius 1 is 1.24 bits per heavy atom. The van der Waals surface area contributed by atoms with Crippen LogP contribution in [0, 0.1) is 5.92 Å². The van der Waals surface area contributed by atoms with Gasteiger partial charge in [-0.05, 0) is 30.4 Å². The van der Waals surface area contributed by atoms with Crippen LogP contribution in [0.5, 0.6) is 0 Å². The van der Waals surface area contributed by atoms with E-state index in [1.165, 1.54) is 0 Å². The number of nitrogens with two attached hydrogens (primary N) is 1. The van der Waals surface area contributed by atoms with Gasteiger partial charge in [0, 0.05) is 12.3 Å². The van der Waals surface area contributed by atoms with E-state index in [4.69, 9.17) is 10.8 Å². The van der Waals surface area contributed by atoms with Crippen molar-refractivity contribution in [3.05, 3.63) is 35.4 Å². The number of carbonyl (C=O) groups is 3.